The Bertz CT molecular complexity index is 565. The summed E-state index contributed by atoms with van der Waals surface area (Å²) in [7, 11) is 0. The second kappa shape index (κ2) is 6.83. The number of nitro benzene ring substituents is 1. The Morgan fingerprint density at radius 2 is 1.71 bits per heavy atom. The van der Waals surface area contributed by atoms with Crippen LogP contribution in [0.2, 0.25) is 0 Å². The molecule has 0 amide bonds. The number of nitrogens with zero attached hydrogens (tertiary/aromatic N) is 1. The second-order valence-electron chi connectivity index (χ2n) is 4.64. The summed E-state index contributed by atoms with van der Waals surface area (Å²) in [6.07, 6.45) is 0.332. The first-order valence-corrected chi connectivity index (χ1v) is 6.56. The fourth-order valence-corrected chi connectivity index (χ4v) is 2.05. The summed E-state index contributed by atoms with van der Waals surface area (Å²) < 4.78 is 0. The van der Waals surface area contributed by atoms with Crippen molar-refractivity contribution < 1.29 is 24.7 Å². The molecule has 0 atom stereocenters. The van der Waals surface area contributed by atoms with E-state index in [0.29, 0.717) is 0 Å². The van der Waals surface area contributed by atoms with Gasteiger partial charge in [-0.25, -0.2) is 0 Å². The average molecular weight is 295 g/mol. The number of ketones is 2. The van der Waals surface area contributed by atoms with Gasteiger partial charge in [-0.3, -0.25) is 19.7 Å². The van der Waals surface area contributed by atoms with E-state index in [1.807, 2.05) is 0 Å². The van der Waals surface area contributed by atoms with E-state index in [1.54, 1.807) is 13.8 Å². The summed E-state index contributed by atoms with van der Waals surface area (Å²) in [5.74, 6) is -2.87. The molecule has 0 aromatic heterocycles. The van der Waals surface area contributed by atoms with Crippen molar-refractivity contribution in [1.29, 1.82) is 0 Å². The third kappa shape index (κ3) is 3.77. The highest BCUT2D eigenvalue weighted by Crippen LogP contribution is 2.36. The van der Waals surface area contributed by atoms with Gasteiger partial charge in [0.15, 0.2) is 5.75 Å². The first-order chi connectivity index (χ1) is 9.81. The van der Waals surface area contributed by atoms with Crippen LogP contribution in [0.3, 0.4) is 0 Å². The largest absolute Gasteiger partial charge is 0.504 e. The molecule has 0 spiro atoms. The monoisotopic (exact) mass is 295 g/mol. The number of rotatable bonds is 7. The number of Topliss-reactive ketones (excluding diaryl/α,β-unsaturated/α-hetero) is 2. The second-order valence-corrected chi connectivity index (χ2v) is 4.64. The Morgan fingerprint density at radius 3 is 2.14 bits per heavy atom. The zero-order valence-corrected chi connectivity index (χ0v) is 11.8. The Hall–Kier alpha value is -2.44. The maximum Gasteiger partial charge on any atom is 0.314 e. The lowest BCUT2D eigenvalue weighted by molar-refractivity contribution is -0.386. The fourth-order valence-electron chi connectivity index (χ4n) is 2.05. The number of carbonyl (C=O) groups is 2. The lowest BCUT2D eigenvalue weighted by atomic mass is 9.88. The van der Waals surface area contributed by atoms with Crippen LogP contribution >= 0.6 is 0 Å². The Balaban J connectivity index is 3.18. The van der Waals surface area contributed by atoms with Crippen LogP contribution in [-0.2, 0) is 16.0 Å². The maximum atomic E-state index is 11.8. The van der Waals surface area contributed by atoms with Crippen LogP contribution in [0.4, 0.5) is 5.69 Å². The Kier molecular flexibility index (Phi) is 5.40. The molecule has 114 valence electrons. The summed E-state index contributed by atoms with van der Waals surface area (Å²) >= 11 is 0. The summed E-state index contributed by atoms with van der Waals surface area (Å²) in [4.78, 5) is 33.6. The van der Waals surface area contributed by atoms with Crippen molar-refractivity contribution in [1.82, 2.24) is 0 Å². The number of phenolic OH excluding ortho intramolecular Hbond substituents is 2. The molecule has 7 heteroatoms. The van der Waals surface area contributed by atoms with Crippen molar-refractivity contribution in [3.05, 3.63) is 27.8 Å². The lowest BCUT2D eigenvalue weighted by Gasteiger charge is -2.13. The molecule has 0 saturated carbocycles. The van der Waals surface area contributed by atoms with Gasteiger partial charge >= 0.3 is 5.69 Å². The SMILES string of the molecule is CCC(=O)C(Cc1cc(O)c(O)c([N+](=O)[O-])c1)C(=O)CC. The topological polar surface area (TPSA) is 118 Å². The van der Waals surface area contributed by atoms with Crippen molar-refractivity contribution in [3.8, 4) is 11.5 Å². The Labute approximate surface area is 121 Å². The van der Waals surface area contributed by atoms with E-state index in [2.05, 4.69) is 0 Å². The predicted octanol–water partition coefficient (Wildman–Crippen LogP) is 2.12. The predicted molar refractivity (Wildman–Crippen MR) is 74.2 cm³/mol. The molecule has 7 nitrogen and oxygen atoms in total. The fraction of sp³-hybridized carbons (Fsp3) is 0.429. The first kappa shape index (κ1) is 16.6. The highest BCUT2D eigenvalue weighted by Gasteiger charge is 2.26. The molecule has 0 radical (unpaired) electrons. The van der Waals surface area contributed by atoms with Crippen LogP contribution in [0.25, 0.3) is 0 Å². The minimum atomic E-state index is -0.886. The number of phenols is 2. The van der Waals surface area contributed by atoms with Gasteiger partial charge in [0, 0.05) is 18.9 Å². The smallest absolute Gasteiger partial charge is 0.314 e. The number of benzene rings is 1. The number of nitro groups is 1. The summed E-state index contributed by atoms with van der Waals surface area (Å²) in [5.41, 5.74) is -0.401. The molecule has 1 rings (SSSR count). The molecule has 0 unspecified atom stereocenters. The molecule has 0 aliphatic rings. The van der Waals surface area contributed by atoms with Crippen molar-refractivity contribution in [2.24, 2.45) is 5.92 Å². The summed E-state index contributed by atoms with van der Waals surface area (Å²) in [6.45, 7) is 3.27. The Morgan fingerprint density at radius 1 is 1.19 bits per heavy atom. The van der Waals surface area contributed by atoms with Crippen LogP contribution in [0.1, 0.15) is 32.3 Å². The van der Waals surface area contributed by atoms with Crippen LogP contribution in [0.5, 0.6) is 11.5 Å². The lowest BCUT2D eigenvalue weighted by Crippen LogP contribution is -2.25. The van der Waals surface area contributed by atoms with E-state index in [4.69, 9.17) is 0 Å². The molecule has 21 heavy (non-hydrogen) atoms. The van der Waals surface area contributed by atoms with Gasteiger partial charge in [0.25, 0.3) is 0 Å². The number of hydrogen-bond acceptors (Lipinski definition) is 6. The van der Waals surface area contributed by atoms with Crippen molar-refractivity contribution in [3.63, 3.8) is 0 Å². The minimum Gasteiger partial charge on any atom is -0.504 e. The van der Waals surface area contributed by atoms with Gasteiger partial charge in [-0.1, -0.05) is 13.8 Å². The highest BCUT2D eigenvalue weighted by atomic mass is 16.6. The van der Waals surface area contributed by atoms with E-state index >= 15 is 0 Å². The molecule has 0 aliphatic heterocycles. The summed E-state index contributed by atoms with van der Waals surface area (Å²) in [5, 5.41) is 29.7. The normalized spacial score (nSPS) is 10.6. The van der Waals surface area contributed by atoms with E-state index in [0.717, 1.165) is 12.1 Å². The molecular weight excluding hydrogens is 278 g/mol. The molecule has 1 aromatic carbocycles. The van der Waals surface area contributed by atoms with Gasteiger partial charge in [-0.2, -0.15) is 0 Å². The molecule has 0 saturated heterocycles. The zero-order chi connectivity index (χ0) is 16.2. The number of carbonyl (C=O) groups excluding carboxylic acids is 2. The minimum absolute atomic E-state index is 0.0337. The molecule has 0 fully saturated rings. The van der Waals surface area contributed by atoms with Crippen LogP contribution in [-0.4, -0.2) is 26.7 Å². The standard InChI is InChI=1S/C14H17NO6/c1-3-11(16)9(12(17)4-2)5-8-6-10(15(20)21)14(19)13(18)7-8/h6-7,9,18-19H,3-5H2,1-2H3. The summed E-state index contributed by atoms with van der Waals surface area (Å²) in [6, 6.07) is 2.19. The van der Waals surface area contributed by atoms with E-state index in [9.17, 15) is 29.9 Å². The van der Waals surface area contributed by atoms with Gasteiger partial charge in [-0.15, -0.1) is 0 Å². The first-order valence-electron chi connectivity index (χ1n) is 6.56. The third-order valence-electron chi connectivity index (χ3n) is 3.24. The van der Waals surface area contributed by atoms with Crippen LogP contribution in [0, 0.1) is 16.0 Å². The zero-order valence-electron chi connectivity index (χ0n) is 11.8. The quantitative estimate of drug-likeness (QED) is 0.344. The maximum absolute atomic E-state index is 11.8. The van der Waals surface area contributed by atoms with E-state index < -0.39 is 28.0 Å². The highest BCUT2D eigenvalue weighted by molar-refractivity contribution is 6.02. The molecular formula is C14H17NO6. The van der Waals surface area contributed by atoms with Crippen molar-refractivity contribution in [2.45, 2.75) is 33.1 Å². The van der Waals surface area contributed by atoms with Gasteiger partial charge in [0.1, 0.15) is 11.6 Å². The molecule has 0 aliphatic carbocycles. The van der Waals surface area contributed by atoms with E-state index in [1.165, 1.54) is 0 Å². The average Bonchev–Trinajstić information content (AvgIpc) is 2.46. The van der Waals surface area contributed by atoms with Gasteiger partial charge < -0.3 is 10.2 Å². The van der Waals surface area contributed by atoms with Crippen LogP contribution < -0.4 is 0 Å². The number of hydrogen-bond donors (Lipinski definition) is 2. The van der Waals surface area contributed by atoms with Crippen LogP contribution in [0.15, 0.2) is 12.1 Å². The molecule has 1 aromatic rings. The third-order valence-corrected chi connectivity index (χ3v) is 3.24. The molecule has 0 bridgehead atoms. The molecule has 0 heterocycles. The van der Waals surface area contributed by atoms with Gasteiger partial charge in [0.05, 0.1) is 10.8 Å². The van der Waals surface area contributed by atoms with Gasteiger partial charge in [0.2, 0.25) is 5.75 Å². The van der Waals surface area contributed by atoms with E-state index in [-0.39, 0.29) is 36.4 Å². The molecule has 2 N–H and O–H groups in total. The van der Waals surface area contributed by atoms with Crippen molar-refractivity contribution >= 4 is 17.3 Å². The van der Waals surface area contributed by atoms with Gasteiger partial charge in [-0.05, 0) is 18.1 Å². The van der Waals surface area contributed by atoms with Crippen molar-refractivity contribution in [2.75, 3.05) is 0 Å². The number of aromatic hydroxyl groups is 2.